The van der Waals surface area contributed by atoms with Gasteiger partial charge < -0.3 is 9.30 Å². The molecule has 0 spiro atoms. The van der Waals surface area contributed by atoms with Crippen molar-refractivity contribution in [2.24, 2.45) is 0 Å². The molecule has 3 heterocycles. The van der Waals surface area contributed by atoms with Gasteiger partial charge in [-0.3, -0.25) is 9.78 Å². The Labute approximate surface area is 157 Å². The van der Waals surface area contributed by atoms with E-state index in [0.29, 0.717) is 18.5 Å². The van der Waals surface area contributed by atoms with E-state index in [1.54, 1.807) is 30.7 Å². The number of ether oxygens (including phenoxy) is 1. The van der Waals surface area contributed by atoms with E-state index in [0.717, 1.165) is 35.9 Å². The van der Waals surface area contributed by atoms with Crippen LogP contribution in [-0.2, 0) is 24.1 Å². The van der Waals surface area contributed by atoms with E-state index in [1.807, 2.05) is 0 Å². The monoisotopic (exact) mass is 370 g/mol. The molecule has 5 nitrogen and oxygen atoms in total. The number of hydrogen-bond donors (Lipinski definition) is 0. The first-order valence-corrected chi connectivity index (χ1v) is 9.26. The van der Waals surface area contributed by atoms with Crippen molar-refractivity contribution in [3.63, 3.8) is 0 Å². The van der Waals surface area contributed by atoms with Crippen molar-refractivity contribution >= 4 is 17.0 Å². The van der Waals surface area contributed by atoms with E-state index in [1.165, 1.54) is 18.2 Å². The van der Waals surface area contributed by atoms with Gasteiger partial charge in [0.15, 0.2) is 0 Å². The zero-order valence-corrected chi connectivity index (χ0v) is 15.6. The molecule has 27 heavy (non-hydrogen) atoms. The summed E-state index contributed by atoms with van der Waals surface area (Å²) in [6.45, 7) is 4.14. The molecule has 1 aliphatic heterocycles. The summed E-state index contributed by atoms with van der Waals surface area (Å²) in [5.74, 6) is -0.865. The van der Waals surface area contributed by atoms with Gasteiger partial charge in [-0.05, 0) is 62.8 Å². The quantitative estimate of drug-likeness (QED) is 0.572. The molecule has 0 saturated heterocycles. The third kappa shape index (κ3) is 3.84. The Morgan fingerprint density at radius 3 is 3.00 bits per heavy atom. The summed E-state index contributed by atoms with van der Waals surface area (Å²) < 4.78 is 19.8. The summed E-state index contributed by atoms with van der Waals surface area (Å²) in [6, 6.07) is 1.53. The maximum absolute atomic E-state index is 13.2. The molecule has 0 unspecified atom stereocenters. The first-order chi connectivity index (χ1) is 13.1. The maximum Gasteiger partial charge on any atom is 0.343 e. The Balaban J connectivity index is 2.00. The molecule has 142 valence electrons. The van der Waals surface area contributed by atoms with Crippen LogP contribution in [0.1, 0.15) is 48.2 Å². The first kappa shape index (κ1) is 19.0. The molecule has 0 saturated carbocycles. The molecule has 0 N–H and O–H groups in total. The van der Waals surface area contributed by atoms with Gasteiger partial charge in [0, 0.05) is 12.7 Å². The topological polar surface area (TPSA) is 61.2 Å². The molecular weight excluding hydrogens is 347 g/mol. The predicted molar refractivity (Wildman–Crippen MR) is 103 cm³/mol. The Hall–Kier alpha value is -2.76. The van der Waals surface area contributed by atoms with Crippen LogP contribution in [0.3, 0.4) is 0 Å². The minimum atomic E-state index is -0.609. The van der Waals surface area contributed by atoms with E-state index < -0.39 is 5.97 Å². The van der Waals surface area contributed by atoms with Crippen molar-refractivity contribution in [2.45, 2.75) is 46.1 Å². The highest BCUT2D eigenvalue weighted by atomic mass is 19.1. The van der Waals surface area contributed by atoms with Gasteiger partial charge >= 0.3 is 5.97 Å². The molecule has 1 aliphatic rings. The molecule has 0 aromatic carbocycles. The smallest absolute Gasteiger partial charge is 0.343 e. The molecule has 0 radical (unpaired) electrons. The lowest BCUT2D eigenvalue weighted by Gasteiger charge is -2.22. The van der Waals surface area contributed by atoms with Gasteiger partial charge in [-0.15, -0.1) is 0 Å². The number of esters is 1. The first-order valence-electron chi connectivity index (χ1n) is 9.26. The highest BCUT2D eigenvalue weighted by Crippen LogP contribution is 2.27. The highest BCUT2D eigenvalue weighted by Gasteiger charge is 2.22. The summed E-state index contributed by atoms with van der Waals surface area (Å²) >= 11 is 0. The van der Waals surface area contributed by atoms with Crippen molar-refractivity contribution in [1.29, 1.82) is 0 Å². The number of carbonyl (C=O) groups excluding carboxylic acids is 1. The van der Waals surface area contributed by atoms with Gasteiger partial charge in [0.05, 0.1) is 17.6 Å². The molecule has 2 aromatic heterocycles. The Morgan fingerprint density at radius 2 is 2.26 bits per heavy atom. The third-order valence-electron chi connectivity index (χ3n) is 4.74. The summed E-state index contributed by atoms with van der Waals surface area (Å²) in [6.07, 6.45) is 9.57. The Morgan fingerprint density at radius 1 is 1.44 bits per heavy atom. The van der Waals surface area contributed by atoms with E-state index in [9.17, 15) is 14.0 Å². The lowest BCUT2D eigenvalue weighted by molar-refractivity contribution is 0.0523. The van der Waals surface area contributed by atoms with Crippen molar-refractivity contribution < 1.29 is 13.9 Å². The van der Waals surface area contributed by atoms with Crippen molar-refractivity contribution in [3.8, 4) is 0 Å². The number of allylic oxidation sites excluding steroid dienone is 4. The van der Waals surface area contributed by atoms with Gasteiger partial charge in [0.1, 0.15) is 11.4 Å². The van der Waals surface area contributed by atoms with Crippen LogP contribution in [0.25, 0.3) is 11.0 Å². The molecule has 0 atom stereocenters. The zero-order chi connectivity index (χ0) is 19.4. The molecule has 0 aliphatic carbocycles. The van der Waals surface area contributed by atoms with Crippen LogP contribution >= 0.6 is 0 Å². The average Bonchev–Trinajstić information content (AvgIpc) is 2.68. The number of pyridine rings is 2. The summed E-state index contributed by atoms with van der Waals surface area (Å²) in [5.41, 5.74) is 3.30. The molecule has 0 bridgehead atoms. The van der Waals surface area contributed by atoms with Gasteiger partial charge in [-0.25, -0.2) is 9.18 Å². The minimum absolute atomic E-state index is 0.0298. The predicted octanol–water partition coefficient (Wildman–Crippen LogP) is 3.88. The Kier molecular flexibility index (Phi) is 5.84. The SMILES string of the molecule is C/C=C(F)\C=C/CCc1cnc2cc(C(=O)OCC)c(=O)n3c2c1CCC3. The van der Waals surface area contributed by atoms with Crippen molar-refractivity contribution in [3.05, 3.63) is 63.4 Å². The Bertz CT molecular complexity index is 989. The van der Waals surface area contributed by atoms with E-state index >= 15 is 0 Å². The second-order valence-electron chi connectivity index (χ2n) is 6.45. The van der Waals surface area contributed by atoms with Gasteiger partial charge in [0.2, 0.25) is 0 Å². The fraction of sp³-hybridized carbons (Fsp3) is 0.381. The van der Waals surface area contributed by atoms with Crippen LogP contribution in [0.4, 0.5) is 4.39 Å². The molecular formula is C21H23FN2O3. The number of rotatable bonds is 6. The normalized spacial score (nSPS) is 14.1. The second kappa shape index (κ2) is 8.29. The number of halogens is 1. The standard InChI is InChI=1S/C21H23FN2O3/c1-3-15(22)9-6-5-8-14-13-23-18-12-17(21(26)27-4-2)20(25)24-11-7-10-16(14)19(18)24/h3,6,9,12-13H,4-5,7-8,10-11H2,1-2H3/b9-6-,15-3+. The average molecular weight is 370 g/mol. The zero-order valence-electron chi connectivity index (χ0n) is 15.6. The van der Waals surface area contributed by atoms with Crippen molar-refractivity contribution in [1.82, 2.24) is 9.55 Å². The number of aromatic nitrogens is 2. The third-order valence-corrected chi connectivity index (χ3v) is 4.74. The molecule has 3 rings (SSSR count). The molecule has 0 amide bonds. The summed E-state index contributed by atoms with van der Waals surface area (Å²) in [5, 5.41) is 0. The van der Waals surface area contributed by atoms with Crippen LogP contribution in [0, 0.1) is 0 Å². The van der Waals surface area contributed by atoms with E-state index in [4.69, 9.17) is 4.74 Å². The lowest BCUT2D eigenvalue weighted by atomic mass is 9.96. The number of carbonyl (C=O) groups is 1. The minimum Gasteiger partial charge on any atom is -0.462 e. The fourth-order valence-electron chi connectivity index (χ4n) is 3.45. The van der Waals surface area contributed by atoms with E-state index in [2.05, 4.69) is 4.98 Å². The van der Waals surface area contributed by atoms with Crippen LogP contribution in [0.15, 0.2) is 41.1 Å². The van der Waals surface area contributed by atoms with Crippen molar-refractivity contribution in [2.75, 3.05) is 6.61 Å². The van der Waals surface area contributed by atoms with Crippen LogP contribution in [-0.4, -0.2) is 22.1 Å². The second-order valence-corrected chi connectivity index (χ2v) is 6.45. The highest BCUT2D eigenvalue weighted by molar-refractivity contribution is 5.93. The summed E-state index contributed by atoms with van der Waals surface area (Å²) in [7, 11) is 0. The molecule has 0 fully saturated rings. The van der Waals surface area contributed by atoms with Gasteiger partial charge in [-0.2, -0.15) is 0 Å². The van der Waals surface area contributed by atoms with Crippen LogP contribution in [0.2, 0.25) is 0 Å². The van der Waals surface area contributed by atoms with E-state index in [-0.39, 0.29) is 23.6 Å². The largest absolute Gasteiger partial charge is 0.462 e. The maximum atomic E-state index is 13.2. The number of nitrogens with zero attached hydrogens (tertiary/aromatic N) is 2. The van der Waals surface area contributed by atoms with Gasteiger partial charge in [0.25, 0.3) is 5.56 Å². The van der Waals surface area contributed by atoms with Crippen LogP contribution in [0.5, 0.6) is 0 Å². The molecule has 2 aromatic rings. The molecule has 6 heteroatoms. The number of aryl methyl sites for hydroxylation is 3. The number of hydrogen-bond acceptors (Lipinski definition) is 4. The lowest BCUT2D eigenvalue weighted by Crippen LogP contribution is -2.30. The van der Waals surface area contributed by atoms with Gasteiger partial charge in [-0.1, -0.05) is 12.2 Å². The summed E-state index contributed by atoms with van der Waals surface area (Å²) in [4.78, 5) is 29.3. The fourth-order valence-corrected chi connectivity index (χ4v) is 3.45. The van der Waals surface area contributed by atoms with Crippen LogP contribution < -0.4 is 5.56 Å².